The van der Waals surface area contributed by atoms with Gasteiger partial charge in [-0.15, -0.1) is 0 Å². The SMILES string of the molecule is CC(=O)Nc1ccc(Cc2cc(C)c(C(=O)c3ccc(Cl)cc3)n2C)c(F)c1. The summed E-state index contributed by atoms with van der Waals surface area (Å²) in [5.74, 6) is -0.768. The van der Waals surface area contributed by atoms with Crippen LogP contribution in [0.3, 0.4) is 0 Å². The lowest BCUT2D eigenvalue weighted by molar-refractivity contribution is -0.114. The number of hydrogen-bond acceptors (Lipinski definition) is 2. The van der Waals surface area contributed by atoms with Crippen LogP contribution in [0.4, 0.5) is 10.1 Å². The number of aryl methyl sites for hydroxylation is 1. The number of benzene rings is 2. The first kappa shape index (κ1) is 19.8. The Balaban J connectivity index is 1.89. The van der Waals surface area contributed by atoms with Gasteiger partial charge in [0.25, 0.3) is 0 Å². The van der Waals surface area contributed by atoms with E-state index in [2.05, 4.69) is 5.32 Å². The number of rotatable bonds is 5. The smallest absolute Gasteiger partial charge is 0.221 e. The minimum absolute atomic E-state index is 0.107. The quantitative estimate of drug-likeness (QED) is 0.621. The van der Waals surface area contributed by atoms with E-state index in [0.717, 1.165) is 11.3 Å². The molecule has 1 heterocycles. The van der Waals surface area contributed by atoms with E-state index < -0.39 is 5.82 Å². The van der Waals surface area contributed by atoms with Crippen molar-refractivity contribution in [1.29, 1.82) is 0 Å². The lowest BCUT2D eigenvalue weighted by Crippen LogP contribution is -2.11. The lowest BCUT2D eigenvalue weighted by Gasteiger charge is -2.10. The highest BCUT2D eigenvalue weighted by Gasteiger charge is 2.19. The van der Waals surface area contributed by atoms with Crippen molar-refractivity contribution in [2.45, 2.75) is 20.3 Å². The molecule has 1 aromatic heterocycles. The molecule has 0 radical (unpaired) electrons. The predicted octanol–water partition coefficient (Wildman–Crippen LogP) is 4.91. The van der Waals surface area contributed by atoms with E-state index in [0.29, 0.717) is 34.0 Å². The van der Waals surface area contributed by atoms with Gasteiger partial charge < -0.3 is 9.88 Å². The highest BCUT2D eigenvalue weighted by Crippen LogP contribution is 2.23. The highest BCUT2D eigenvalue weighted by atomic mass is 35.5. The number of aromatic nitrogens is 1. The number of ketones is 1. The van der Waals surface area contributed by atoms with Gasteiger partial charge in [-0.2, -0.15) is 0 Å². The van der Waals surface area contributed by atoms with Gasteiger partial charge in [-0.1, -0.05) is 17.7 Å². The number of halogens is 2. The molecule has 28 heavy (non-hydrogen) atoms. The Morgan fingerprint density at radius 3 is 2.39 bits per heavy atom. The molecular formula is C22H20ClFN2O2. The molecule has 4 nitrogen and oxygen atoms in total. The third-order valence-electron chi connectivity index (χ3n) is 4.59. The Hall–Kier alpha value is -2.92. The molecule has 3 rings (SSSR count). The van der Waals surface area contributed by atoms with Gasteiger partial charge in [0.15, 0.2) is 0 Å². The number of carbonyl (C=O) groups is 2. The van der Waals surface area contributed by atoms with Crippen LogP contribution >= 0.6 is 11.6 Å². The lowest BCUT2D eigenvalue weighted by atomic mass is 10.1. The summed E-state index contributed by atoms with van der Waals surface area (Å²) < 4.78 is 16.2. The molecule has 0 unspecified atom stereocenters. The summed E-state index contributed by atoms with van der Waals surface area (Å²) in [6.07, 6.45) is 0.331. The first-order valence-corrected chi connectivity index (χ1v) is 9.15. The molecule has 0 spiro atoms. The van der Waals surface area contributed by atoms with Crippen LogP contribution in [-0.4, -0.2) is 16.3 Å². The first-order valence-electron chi connectivity index (χ1n) is 8.77. The van der Waals surface area contributed by atoms with Crippen molar-refractivity contribution in [3.05, 3.63) is 87.4 Å². The Labute approximate surface area is 167 Å². The standard InChI is InChI=1S/C22H20ClFN2O2/c1-13-10-19(11-16-6-9-18(12-20(16)24)25-14(2)27)26(3)21(13)22(28)15-4-7-17(23)8-5-15/h4-10,12H,11H2,1-3H3,(H,25,27). The number of nitrogens with one attached hydrogen (secondary N) is 1. The molecule has 144 valence electrons. The van der Waals surface area contributed by atoms with Crippen LogP contribution in [0.5, 0.6) is 0 Å². The highest BCUT2D eigenvalue weighted by molar-refractivity contribution is 6.30. The summed E-state index contributed by atoms with van der Waals surface area (Å²) >= 11 is 5.90. The van der Waals surface area contributed by atoms with Crippen molar-refractivity contribution in [2.75, 3.05) is 5.32 Å². The van der Waals surface area contributed by atoms with Crippen molar-refractivity contribution in [1.82, 2.24) is 4.57 Å². The Morgan fingerprint density at radius 1 is 1.11 bits per heavy atom. The second-order valence-electron chi connectivity index (χ2n) is 6.73. The number of anilines is 1. The zero-order chi connectivity index (χ0) is 20.4. The normalized spacial score (nSPS) is 10.8. The molecule has 1 amide bonds. The molecule has 2 aromatic carbocycles. The van der Waals surface area contributed by atoms with Crippen LogP contribution < -0.4 is 5.32 Å². The van der Waals surface area contributed by atoms with Gasteiger partial charge in [-0.25, -0.2) is 4.39 Å². The molecular weight excluding hydrogens is 379 g/mol. The summed E-state index contributed by atoms with van der Waals surface area (Å²) in [4.78, 5) is 24.0. The van der Waals surface area contributed by atoms with Crippen molar-refractivity contribution >= 4 is 29.0 Å². The maximum Gasteiger partial charge on any atom is 0.221 e. The van der Waals surface area contributed by atoms with E-state index in [9.17, 15) is 14.0 Å². The summed E-state index contributed by atoms with van der Waals surface area (Å²) in [7, 11) is 1.80. The van der Waals surface area contributed by atoms with Gasteiger partial charge in [0, 0.05) is 42.4 Å². The van der Waals surface area contributed by atoms with Crippen LogP contribution in [0.25, 0.3) is 0 Å². The average molecular weight is 399 g/mol. The monoisotopic (exact) mass is 398 g/mol. The third kappa shape index (κ3) is 4.15. The van der Waals surface area contributed by atoms with Crippen molar-refractivity contribution in [2.24, 2.45) is 7.05 Å². The Bertz CT molecular complexity index is 1060. The van der Waals surface area contributed by atoms with Crippen LogP contribution in [0, 0.1) is 12.7 Å². The zero-order valence-electron chi connectivity index (χ0n) is 15.8. The van der Waals surface area contributed by atoms with Crippen molar-refractivity contribution < 1.29 is 14.0 Å². The van der Waals surface area contributed by atoms with Gasteiger partial charge >= 0.3 is 0 Å². The van der Waals surface area contributed by atoms with E-state index in [1.54, 1.807) is 48.0 Å². The molecule has 3 aromatic rings. The minimum Gasteiger partial charge on any atom is -0.344 e. The second-order valence-corrected chi connectivity index (χ2v) is 7.16. The Kier molecular flexibility index (Phi) is 5.66. The van der Waals surface area contributed by atoms with Crippen molar-refractivity contribution in [3.63, 3.8) is 0 Å². The molecule has 0 bridgehead atoms. The fourth-order valence-electron chi connectivity index (χ4n) is 3.23. The molecule has 0 aliphatic carbocycles. The molecule has 0 atom stereocenters. The predicted molar refractivity (Wildman–Crippen MR) is 109 cm³/mol. The van der Waals surface area contributed by atoms with E-state index in [4.69, 9.17) is 11.6 Å². The summed E-state index contributed by atoms with van der Waals surface area (Å²) in [6.45, 7) is 3.24. The number of nitrogens with zero attached hydrogens (tertiary/aromatic N) is 1. The second kappa shape index (κ2) is 7.98. The summed E-state index contributed by atoms with van der Waals surface area (Å²) in [6, 6.07) is 13.2. The number of hydrogen-bond donors (Lipinski definition) is 1. The number of amides is 1. The van der Waals surface area contributed by atoms with Gasteiger partial charge in [-0.3, -0.25) is 9.59 Å². The molecule has 0 saturated carbocycles. The maximum atomic E-state index is 14.4. The van der Waals surface area contributed by atoms with Gasteiger partial charge in [0.1, 0.15) is 5.82 Å². The van der Waals surface area contributed by atoms with E-state index in [-0.39, 0.29) is 11.7 Å². The minimum atomic E-state index is -0.407. The van der Waals surface area contributed by atoms with Crippen LogP contribution in [-0.2, 0) is 18.3 Å². The van der Waals surface area contributed by atoms with Crippen molar-refractivity contribution in [3.8, 4) is 0 Å². The van der Waals surface area contributed by atoms with Crippen LogP contribution in [0.15, 0.2) is 48.5 Å². The average Bonchev–Trinajstić information content (AvgIpc) is 2.90. The molecule has 0 aliphatic rings. The van der Waals surface area contributed by atoms with Crippen LogP contribution in [0.2, 0.25) is 5.02 Å². The molecule has 0 saturated heterocycles. The largest absolute Gasteiger partial charge is 0.344 e. The Morgan fingerprint density at radius 2 is 1.79 bits per heavy atom. The number of carbonyl (C=O) groups excluding carboxylic acids is 2. The first-order chi connectivity index (χ1) is 13.3. The molecule has 0 aliphatic heterocycles. The van der Waals surface area contributed by atoms with Gasteiger partial charge in [0.05, 0.1) is 5.69 Å². The van der Waals surface area contributed by atoms with Gasteiger partial charge in [-0.05, 0) is 60.5 Å². The van der Waals surface area contributed by atoms with Crippen LogP contribution in [0.1, 0.15) is 39.8 Å². The van der Waals surface area contributed by atoms with Gasteiger partial charge in [0.2, 0.25) is 11.7 Å². The molecule has 6 heteroatoms. The van der Waals surface area contributed by atoms with E-state index >= 15 is 0 Å². The maximum absolute atomic E-state index is 14.4. The fraction of sp³-hybridized carbons (Fsp3) is 0.182. The summed E-state index contributed by atoms with van der Waals surface area (Å²) in [5.41, 5.74) is 3.66. The zero-order valence-corrected chi connectivity index (χ0v) is 16.6. The molecule has 0 fully saturated rings. The van der Waals surface area contributed by atoms with E-state index in [1.165, 1.54) is 13.0 Å². The topological polar surface area (TPSA) is 51.1 Å². The molecule has 1 N–H and O–H groups in total. The summed E-state index contributed by atoms with van der Waals surface area (Å²) in [5, 5.41) is 3.13. The fourth-order valence-corrected chi connectivity index (χ4v) is 3.36. The third-order valence-corrected chi connectivity index (χ3v) is 4.84. The van der Waals surface area contributed by atoms with E-state index in [1.807, 2.05) is 13.0 Å².